The van der Waals surface area contributed by atoms with Crippen molar-refractivity contribution in [1.29, 1.82) is 0 Å². The number of carbonyl (C=O) groups excluding carboxylic acids is 1. The van der Waals surface area contributed by atoms with Crippen molar-refractivity contribution in [2.75, 3.05) is 0 Å². The first-order valence-electron chi connectivity index (χ1n) is 5.48. The van der Waals surface area contributed by atoms with Crippen LogP contribution in [0.25, 0.3) is 5.70 Å². The summed E-state index contributed by atoms with van der Waals surface area (Å²) in [4.78, 5) is 11.9. The highest BCUT2D eigenvalue weighted by Crippen LogP contribution is 2.12. The molecule has 0 aliphatic heterocycles. The van der Waals surface area contributed by atoms with Gasteiger partial charge in [0.15, 0.2) is 0 Å². The minimum atomic E-state index is -0.194. The molecule has 0 radical (unpaired) electrons. The molecular weight excluding hydrogens is 246 g/mol. The highest BCUT2D eigenvalue weighted by atomic mass is 35.5. The lowest BCUT2D eigenvalue weighted by Gasteiger charge is -2.08. The minimum absolute atomic E-state index is 0.194. The van der Waals surface area contributed by atoms with Crippen LogP contribution < -0.4 is 5.32 Å². The quantitative estimate of drug-likeness (QED) is 0.892. The third kappa shape index (κ3) is 2.99. The van der Waals surface area contributed by atoms with Gasteiger partial charge in [0.25, 0.3) is 5.91 Å². The molecule has 18 heavy (non-hydrogen) atoms. The molecule has 1 N–H and O–H groups in total. The molecule has 0 saturated carbocycles. The molecule has 2 aromatic carbocycles. The summed E-state index contributed by atoms with van der Waals surface area (Å²) in [5, 5.41) is 3.36. The molecule has 0 bridgehead atoms. The summed E-state index contributed by atoms with van der Waals surface area (Å²) < 4.78 is 0. The number of hydrogen-bond acceptors (Lipinski definition) is 1. The highest BCUT2D eigenvalue weighted by molar-refractivity contribution is 6.30. The van der Waals surface area contributed by atoms with Gasteiger partial charge in [0.1, 0.15) is 0 Å². The first-order chi connectivity index (χ1) is 8.66. The Balaban J connectivity index is 2.08. The molecular formula is C15H12ClNO. The van der Waals surface area contributed by atoms with Crippen LogP contribution >= 0.6 is 11.6 Å². The Hall–Kier alpha value is -2.06. The van der Waals surface area contributed by atoms with E-state index in [1.54, 1.807) is 24.3 Å². The van der Waals surface area contributed by atoms with Crippen LogP contribution in [0.15, 0.2) is 61.2 Å². The van der Waals surface area contributed by atoms with Crippen molar-refractivity contribution in [3.63, 3.8) is 0 Å². The SMILES string of the molecule is C=C(NC(=O)c1ccc(Cl)cc1)c1ccccc1. The molecule has 0 unspecified atom stereocenters. The predicted octanol–water partition coefficient (Wildman–Crippen LogP) is 3.74. The smallest absolute Gasteiger partial charge is 0.255 e. The Kier molecular flexibility index (Phi) is 3.80. The van der Waals surface area contributed by atoms with Crippen LogP contribution in [0, 0.1) is 0 Å². The van der Waals surface area contributed by atoms with E-state index in [1.165, 1.54) is 0 Å². The summed E-state index contributed by atoms with van der Waals surface area (Å²) in [5.41, 5.74) is 2.02. The van der Waals surface area contributed by atoms with Gasteiger partial charge in [0.2, 0.25) is 0 Å². The van der Waals surface area contributed by atoms with Gasteiger partial charge in [0, 0.05) is 16.3 Å². The summed E-state index contributed by atoms with van der Waals surface area (Å²) in [6, 6.07) is 16.2. The third-order valence-corrected chi connectivity index (χ3v) is 2.75. The summed E-state index contributed by atoms with van der Waals surface area (Å²) in [6.45, 7) is 3.85. The van der Waals surface area contributed by atoms with E-state index in [9.17, 15) is 4.79 Å². The second-order valence-electron chi connectivity index (χ2n) is 3.81. The van der Waals surface area contributed by atoms with Crippen LogP contribution in [0.3, 0.4) is 0 Å². The van der Waals surface area contributed by atoms with Gasteiger partial charge < -0.3 is 5.32 Å². The number of hydrogen-bond donors (Lipinski definition) is 1. The molecule has 0 atom stereocenters. The van der Waals surface area contributed by atoms with Crippen LogP contribution in [0.5, 0.6) is 0 Å². The summed E-state index contributed by atoms with van der Waals surface area (Å²) in [7, 11) is 0. The van der Waals surface area contributed by atoms with E-state index in [2.05, 4.69) is 11.9 Å². The predicted molar refractivity (Wildman–Crippen MR) is 74.4 cm³/mol. The first-order valence-corrected chi connectivity index (χ1v) is 5.86. The van der Waals surface area contributed by atoms with Crippen molar-refractivity contribution in [1.82, 2.24) is 5.32 Å². The van der Waals surface area contributed by atoms with Crippen molar-refractivity contribution in [3.8, 4) is 0 Å². The molecule has 1 amide bonds. The molecule has 0 aliphatic carbocycles. The Morgan fingerprint density at radius 1 is 0.944 bits per heavy atom. The number of carbonyl (C=O) groups is 1. The average Bonchev–Trinajstić information content (AvgIpc) is 2.40. The largest absolute Gasteiger partial charge is 0.322 e. The lowest BCUT2D eigenvalue weighted by molar-refractivity contribution is 0.0974. The van der Waals surface area contributed by atoms with E-state index in [-0.39, 0.29) is 5.91 Å². The number of rotatable bonds is 3. The van der Waals surface area contributed by atoms with E-state index in [1.807, 2.05) is 30.3 Å². The van der Waals surface area contributed by atoms with Gasteiger partial charge in [-0.2, -0.15) is 0 Å². The van der Waals surface area contributed by atoms with Gasteiger partial charge in [0.05, 0.1) is 0 Å². The van der Waals surface area contributed by atoms with Crippen molar-refractivity contribution in [2.45, 2.75) is 0 Å². The van der Waals surface area contributed by atoms with E-state index < -0.39 is 0 Å². The monoisotopic (exact) mass is 257 g/mol. The second-order valence-corrected chi connectivity index (χ2v) is 4.24. The van der Waals surface area contributed by atoms with E-state index in [4.69, 9.17) is 11.6 Å². The maximum Gasteiger partial charge on any atom is 0.255 e. The minimum Gasteiger partial charge on any atom is -0.322 e. The normalized spacial score (nSPS) is 9.83. The van der Waals surface area contributed by atoms with Crippen LogP contribution in [0.4, 0.5) is 0 Å². The molecule has 0 aliphatic rings. The average molecular weight is 258 g/mol. The Morgan fingerprint density at radius 3 is 2.17 bits per heavy atom. The molecule has 90 valence electrons. The fourth-order valence-electron chi connectivity index (χ4n) is 1.52. The molecule has 3 heteroatoms. The van der Waals surface area contributed by atoms with Gasteiger partial charge in [-0.15, -0.1) is 0 Å². The topological polar surface area (TPSA) is 29.1 Å². The first kappa shape index (κ1) is 12.4. The highest BCUT2D eigenvalue weighted by Gasteiger charge is 2.07. The van der Waals surface area contributed by atoms with Crippen LogP contribution in [-0.4, -0.2) is 5.91 Å². The fourth-order valence-corrected chi connectivity index (χ4v) is 1.65. The number of benzene rings is 2. The fraction of sp³-hybridized carbons (Fsp3) is 0. The molecule has 2 nitrogen and oxygen atoms in total. The molecule has 0 fully saturated rings. The number of nitrogens with one attached hydrogen (secondary N) is 1. The molecule has 0 saturated heterocycles. The molecule has 2 rings (SSSR count). The molecule has 0 spiro atoms. The van der Waals surface area contributed by atoms with Gasteiger partial charge >= 0.3 is 0 Å². The van der Waals surface area contributed by atoms with Gasteiger partial charge in [-0.05, 0) is 29.8 Å². The van der Waals surface area contributed by atoms with Crippen molar-refractivity contribution < 1.29 is 4.79 Å². The van der Waals surface area contributed by atoms with Gasteiger partial charge in [-0.3, -0.25) is 4.79 Å². The Bertz CT molecular complexity index is 561. The van der Waals surface area contributed by atoms with Crippen molar-refractivity contribution in [3.05, 3.63) is 77.3 Å². The molecule has 0 aromatic heterocycles. The zero-order valence-electron chi connectivity index (χ0n) is 9.69. The molecule has 0 heterocycles. The second kappa shape index (κ2) is 5.52. The van der Waals surface area contributed by atoms with Gasteiger partial charge in [-0.25, -0.2) is 0 Å². The summed E-state index contributed by atoms with van der Waals surface area (Å²) >= 11 is 5.77. The Labute approximate surface area is 111 Å². The zero-order chi connectivity index (χ0) is 13.0. The molecule has 2 aromatic rings. The summed E-state index contributed by atoms with van der Waals surface area (Å²) in [6.07, 6.45) is 0. The van der Waals surface area contributed by atoms with E-state index in [0.717, 1.165) is 5.56 Å². The zero-order valence-corrected chi connectivity index (χ0v) is 10.4. The standard InChI is InChI=1S/C15H12ClNO/c1-11(12-5-3-2-4-6-12)17-15(18)13-7-9-14(16)10-8-13/h2-10H,1H2,(H,17,18). The maximum absolute atomic E-state index is 11.9. The number of amides is 1. The Morgan fingerprint density at radius 2 is 1.56 bits per heavy atom. The van der Waals surface area contributed by atoms with Gasteiger partial charge in [-0.1, -0.05) is 48.5 Å². The van der Waals surface area contributed by atoms with E-state index >= 15 is 0 Å². The van der Waals surface area contributed by atoms with Crippen LogP contribution in [-0.2, 0) is 0 Å². The third-order valence-electron chi connectivity index (χ3n) is 2.49. The number of halogens is 1. The van der Waals surface area contributed by atoms with Crippen molar-refractivity contribution in [2.24, 2.45) is 0 Å². The maximum atomic E-state index is 11.9. The lowest BCUT2D eigenvalue weighted by atomic mass is 10.1. The van der Waals surface area contributed by atoms with Crippen LogP contribution in [0.1, 0.15) is 15.9 Å². The van der Waals surface area contributed by atoms with Crippen LogP contribution in [0.2, 0.25) is 5.02 Å². The summed E-state index contributed by atoms with van der Waals surface area (Å²) in [5.74, 6) is -0.194. The van der Waals surface area contributed by atoms with Crippen molar-refractivity contribution >= 4 is 23.2 Å². The van der Waals surface area contributed by atoms with E-state index in [0.29, 0.717) is 16.3 Å². The lowest BCUT2D eigenvalue weighted by Crippen LogP contribution is -2.21.